The van der Waals surface area contributed by atoms with E-state index in [1.807, 2.05) is 59.6 Å². The first-order chi connectivity index (χ1) is 17.0. The number of nitro groups is 1. The lowest BCUT2D eigenvalue weighted by Crippen LogP contribution is -2.40. The largest absolute Gasteiger partial charge is 0.366 e. The van der Waals surface area contributed by atoms with Crippen LogP contribution in [0.5, 0.6) is 0 Å². The van der Waals surface area contributed by atoms with Crippen molar-refractivity contribution in [2.24, 2.45) is 0 Å². The Bertz CT molecular complexity index is 1650. The molecule has 1 aliphatic rings. The molecule has 35 heavy (non-hydrogen) atoms. The molecule has 5 aromatic rings. The fourth-order valence-corrected chi connectivity index (χ4v) is 7.32. The third kappa shape index (κ3) is 3.80. The maximum absolute atomic E-state index is 11.5. The number of nitrogens with one attached hydrogen (secondary N) is 1. The number of hydrazine groups is 1. The van der Waals surface area contributed by atoms with Gasteiger partial charge in [-0.05, 0) is 46.3 Å². The van der Waals surface area contributed by atoms with Crippen molar-refractivity contribution in [3.8, 4) is 0 Å². The lowest BCUT2D eigenvalue weighted by molar-refractivity contribution is -0.389. The van der Waals surface area contributed by atoms with Crippen molar-refractivity contribution in [2.75, 3.05) is 16.3 Å². The van der Waals surface area contributed by atoms with Crippen LogP contribution in [-0.2, 0) is 10.9 Å². The Labute approximate surface area is 212 Å². The van der Waals surface area contributed by atoms with Crippen molar-refractivity contribution in [3.63, 3.8) is 0 Å². The number of halogens is 2. The van der Waals surface area contributed by atoms with Crippen LogP contribution in [0.15, 0.2) is 88.8 Å². The monoisotopic (exact) mass is 520 g/mol. The molecule has 0 saturated heterocycles. The van der Waals surface area contributed by atoms with Gasteiger partial charge in [-0.1, -0.05) is 47.5 Å². The fourth-order valence-electron chi connectivity index (χ4n) is 4.24. The summed E-state index contributed by atoms with van der Waals surface area (Å²) in [5, 5.41) is 17.4. The summed E-state index contributed by atoms with van der Waals surface area (Å²) in [5.74, 6) is 0.746. The first kappa shape index (κ1) is 21.9. The number of rotatable bonds is 3. The zero-order valence-corrected chi connectivity index (χ0v) is 20.3. The van der Waals surface area contributed by atoms with Gasteiger partial charge in [-0.2, -0.15) is 0 Å². The van der Waals surface area contributed by atoms with E-state index in [9.17, 15) is 10.1 Å². The molecule has 0 amide bonds. The van der Waals surface area contributed by atoms with Crippen LogP contribution in [-0.4, -0.2) is 20.8 Å². The van der Waals surface area contributed by atoms with Crippen molar-refractivity contribution in [3.05, 3.63) is 99.2 Å². The van der Waals surface area contributed by atoms with Gasteiger partial charge in [0.05, 0.1) is 32.1 Å². The molecule has 1 aliphatic heterocycles. The number of benzene rings is 3. The lowest BCUT2D eigenvalue weighted by Gasteiger charge is -2.29. The molecule has 7 nitrogen and oxygen atoms in total. The van der Waals surface area contributed by atoms with Crippen molar-refractivity contribution < 1.29 is 4.92 Å². The van der Waals surface area contributed by atoms with Gasteiger partial charge < -0.3 is 10.1 Å². The second-order valence-electron chi connectivity index (χ2n) is 7.93. The van der Waals surface area contributed by atoms with Gasteiger partial charge in [0.1, 0.15) is 0 Å². The molecule has 0 saturated carbocycles. The normalized spacial score (nSPS) is 15.1. The summed E-state index contributed by atoms with van der Waals surface area (Å²) in [6.45, 7) is 0. The van der Waals surface area contributed by atoms with E-state index in [1.54, 1.807) is 18.3 Å². The molecule has 1 N–H and O–H groups in total. The number of aromatic nitrogens is 2. The molecule has 0 aliphatic carbocycles. The quantitative estimate of drug-likeness (QED) is 0.159. The van der Waals surface area contributed by atoms with Gasteiger partial charge in [-0.3, -0.25) is 10.4 Å². The lowest BCUT2D eigenvalue weighted by atomic mass is 10.1. The molecule has 10 heteroatoms. The van der Waals surface area contributed by atoms with Gasteiger partial charge in [0.2, 0.25) is 10.8 Å². The van der Waals surface area contributed by atoms with Crippen molar-refractivity contribution >= 4 is 73.1 Å². The summed E-state index contributed by atoms with van der Waals surface area (Å²) in [4.78, 5) is 21.5. The first-order valence-corrected chi connectivity index (χ1v) is 12.8. The summed E-state index contributed by atoms with van der Waals surface area (Å²) in [5.41, 5.74) is 5.06. The van der Waals surface area contributed by atoms with Crippen molar-refractivity contribution in [1.29, 1.82) is 0 Å². The smallest absolute Gasteiger partial charge is 0.358 e. The van der Waals surface area contributed by atoms with Crippen LogP contribution in [0.4, 0.5) is 17.3 Å². The van der Waals surface area contributed by atoms with Gasteiger partial charge in [0.25, 0.3) is 0 Å². The Balaban J connectivity index is 1.55. The summed E-state index contributed by atoms with van der Waals surface area (Å²) in [7, 11) is -0.591. The van der Waals surface area contributed by atoms with Gasteiger partial charge in [-0.15, -0.1) is 0 Å². The van der Waals surface area contributed by atoms with E-state index in [0.29, 0.717) is 21.7 Å². The molecule has 3 heterocycles. The highest BCUT2D eigenvalue weighted by Crippen LogP contribution is 2.43. The minimum Gasteiger partial charge on any atom is -0.358 e. The summed E-state index contributed by atoms with van der Waals surface area (Å²) >= 11 is 13.3. The topological polar surface area (TPSA) is 84.2 Å². The molecule has 1 atom stereocenters. The second kappa shape index (κ2) is 8.57. The Morgan fingerprint density at radius 1 is 0.971 bits per heavy atom. The maximum atomic E-state index is 11.5. The van der Waals surface area contributed by atoms with Crippen LogP contribution in [0.25, 0.3) is 21.7 Å². The van der Waals surface area contributed by atoms with E-state index < -0.39 is 15.8 Å². The molecule has 3 aromatic carbocycles. The van der Waals surface area contributed by atoms with Gasteiger partial charge in [0.15, 0.2) is 4.90 Å². The molecule has 0 radical (unpaired) electrons. The molecule has 172 valence electrons. The van der Waals surface area contributed by atoms with Crippen LogP contribution >= 0.6 is 23.2 Å². The van der Waals surface area contributed by atoms with Crippen LogP contribution < -0.4 is 10.4 Å². The third-order valence-electron chi connectivity index (χ3n) is 5.84. The van der Waals surface area contributed by atoms with Crippen molar-refractivity contribution in [2.45, 2.75) is 9.79 Å². The average molecular weight is 521 g/mol. The van der Waals surface area contributed by atoms with E-state index in [0.717, 1.165) is 37.2 Å². The molecule has 0 bridgehead atoms. The van der Waals surface area contributed by atoms with Gasteiger partial charge >= 0.3 is 11.6 Å². The standard InChI is InChI=1S/C25H16Cl2N5O2S/c26-19-13-20(27)24(18-6-2-1-5-17(18)19)35-14-31(16-7-8-21-15(12-16)4-3-11-28-21)30-25-22(35)9-10-23(29-25)32(33)34/h1-13H,14H2,(H,29,30)/q+1. The van der Waals surface area contributed by atoms with Crippen LogP contribution in [0.3, 0.4) is 0 Å². The van der Waals surface area contributed by atoms with Crippen LogP contribution in [0.1, 0.15) is 0 Å². The molecular weight excluding hydrogens is 505 g/mol. The van der Waals surface area contributed by atoms with E-state index in [-0.39, 0.29) is 5.82 Å². The van der Waals surface area contributed by atoms with E-state index >= 15 is 0 Å². The highest BCUT2D eigenvalue weighted by atomic mass is 35.5. The van der Waals surface area contributed by atoms with E-state index in [2.05, 4.69) is 15.4 Å². The second-order valence-corrected chi connectivity index (χ2v) is 10.6. The maximum Gasteiger partial charge on any atom is 0.366 e. The van der Waals surface area contributed by atoms with Crippen molar-refractivity contribution in [1.82, 2.24) is 9.97 Å². The number of hydrogen-bond donors (Lipinski definition) is 1. The molecule has 1 unspecified atom stereocenters. The predicted molar refractivity (Wildman–Crippen MR) is 141 cm³/mol. The third-order valence-corrected chi connectivity index (χ3v) is 8.87. The van der Waals surface area contributed by atoms with Gasteiger partial charge in [-0.25, -0.2) is 5.01 Å². The Morgan fingerprint density at radius 2 is 1.80 bits per heavy atom. The average Bonchev–Trinajstić information content (AvgIpc) is 2.88. The predicted octanol–water partition coefficient (Wildman–Crippen LogP) is 6.84. The first-order valence-electron chi connectivity index (χ1n) is 10.6. The Kier molecular flexibility index (Phi) is 5.36. The summed E-state index contributed by atoms with van der Waals surface area (Å²) < 4.78 is 0. The van der Waals surface area contributed by atoms with Gasteiger partial charge in [0, 0.05) is 34.5 Å². The molecular formula is C25H16Cl2N5O2S+. The fraction of sp³-hybridized carbons (Fsp3) is 0.0400. The van der Waals surface area contributed by atoms with E-state index in [4.69, 9.17) is 23.2 Å². The number of anilines is 2. The number of pyridine rings is 2. The minimum absolute atomic E-state index is 0.226. The molecule has 2 aromatic heterocycles. The highest BCUT2D eigenvalue weighted by Gasteiger charge is 2.42. The number of fused-ring (bicyclic) bond motifs is 3. The minimum atomic E-state index is -0.591. The molecule has 0 fully saturated rings. The number of nitrogens with zero attached hydrogens (tertiary/aromatic N) is 4. The zero-order chi connectivity index (χ0) is 24.1. The van der Waals surface area contributed by atoms with E-state index in [1.165, 1.54) is 6.07 Å². The molecule has 6 rings (SSSR count). The summed E-state index contributed by atoms with van der Waals surface area (Å²) in [6, 6.07) is 22.6. The molecule has 0 spiro atoms. The SMILES string of the molecule is O=[N+]([O-])c1ccc2c(n1)NN(c1ccc3ncccc3c1)C[S+]2c1c(Cl)cc(Cl)c2ccccc12. The summed E-state index contributed by atoms with van der Waals surface area (Å²) in [6.07, 6.45) is 1.76. The van der Waals surface area contributed by atoms with Crippen LogP contribution in [0.2, 0.25) is 10.0 Å². The Hall–Kier alpha value is -3.59. The zero-order valence-electron chi connectivity index (χ0n) is 18.0. The number of hydrogen-bond acceptors (Lipinski definition) is 6. The van der Waals surface area contributed by atoms with Crippen LogP contribution in [0, 0.1) is 10.1 Å². The Morgan fingerprint density at radius 3 is 2.63 bits per heavy atom. The highest BCUT2D eigenvalue weighted by molar-refractivity contribution is 7.97.